The van der Waals surface area contributed by atoms with E-state index in [9.17, 15) is 18.0 Å². The Morgan fingerprint density at radius 1 is 1.50 bits per heavy atom. The van der Waals surface area contributed by atoms with E-state index < -0.39 is 18.0 Å². The molecule has 1 N–H and O–H groups in total. The molecule has 1 aliphatic rings. The monoisotopic (exact) mass is 289 g/mol. The lowest BCUT2D eigenvalue weighted by Gasteiger charge is -2.31. The van der Waals surface area contributed by atoms with Crippen LogP contribution in [0.4, 0.5) is 13.2 Å². The molecule has 1 amide bonds. The van der Waals surface area contributed by atoms with Crippen LogP contribution in [0.2, 0.25) is 0 Å². The molecule has 0 radical (unpaired) electrons. The third-order valence-corrected chi connectivity index (χ3v) is 3.80. The van der Waals surface area contributed by atoms with Crippen LogP contribution < -0.4 is 0 Å². The van der Waals surface area contributed by atoms with E-state index in [-0.39, 0.29) is 18.7 Å². The van der Waals surface area contributed by atoms with E-state index in [2.05, 4.69) is 9.97 Å². The Bertz CT molecular complexity index is 444. The lowest BCUT2D eigenvalue weighted by atomic mass is 9.80. The summed E-state index contributed by atoms with van der Waals surface area (Å²) in [4.78, 5) is 20.5. The number of halogens is 3. The van der Waals surface area contributed by atoms with Gasteiger partial charge in [0, 0.05) is 25.4 Å². The van der Waals surface area contributed by atoms with Gasteiger partial charge in [-0.2, -0.15) is 13.2 Å². The summed E-state index contributed by atoms with van der Waals surface area (Å²) in [7, 11) is 1.60. The summed E-state index contributed by atoms with van der Waals surface area (Å²) in [6.07, 6.45) is 0.0590. The molecule has 1 fully saturated rings. The van der Waals surface area contributed by atoms with Crippen LogP contribution in [-0.4, -0.2) is 34.0 Å². The molecule has 0 bridgehead atoms. The Labute approximate surface area is 115 Å². The van der Waals surface area contributed by atoms with Crippen LogP contribution in [0.5, 0.6) is 0 Å². The third-order valence-electron chi connectivity index (χ3n) is 3.80. The zero-order valence-corrected chi connectivity index (χ0v) is 11.3. The van der Waals surface area contributed by atoms with E-state index in [0.717, 1.165) is 0 Å². The second-order valence-electron chi connectivity index (χ2n) is 5.33. The lowest BCUT2D eigenvalue weighted by molar-refractivity contribution is -0.187. The second kappa shape index (κ2) is 5.85. The van der Waals surface area contributed by atoms with Crippen LogP contribution in [0.15, 0.2) is 12.4 Å². The van der Waals surface area contributed by atoms with Crippen molar-refractivity contribution < 1.29 is 18.0 Å². The minimum atomic E-state index is -4.20. The number of hydrogen-bond acceptors (Lipinski definition) is 2. The largest absolute Gasteiger partial charge is 0.391 e. The highest BCUT2D eigenvalue weighted by Gasteiger charge is 2.43. The quantitative estimate of drug-likeness (QED) is 0.930. The first kappa shape index (κ1) is 14.9. The van der Waals surface area contributed by atoms with Crippen LogP contribution in [0.3, 0.4) is 0 Å². The van der Waals surface area contributed by atoms with Gasteiger partial charge in [-0.3, -0.25) is 4.79 Å². The third kappa shape index (κ3) is 3.52. The molecule has 112 valence electrons. The maximum atomic E-state index is 12.7. The number of aromatic nitrogens is 2. The normalized spacial score (nSPS) is 23.6. The van der Waals surface area contributed by atoms with Crippen molar-refractivity contribution in [3.05, 3.63) is 18.2 Å². The minimum absolute atomic E-state index is 0.0924. The van der Waals surface area contributed by atoms with Gasteiger partial charge < -0.3 is 9.88 Å². The van der Waals surface area contributed by atoms with Crippen LogP contribution in [0.25, 0.3) is 0 Å². The first-order valence-electron chi connectivity index (χ1n) is 6.68. The average molecular weight is 289 g/mol. The van der Waals surface area contributed by atoms with Crippen LogP contribution >= 0.6 is 0 Å². The molecular formula is C13H18F3N3O. The number of amides is 1. The Hall–Kier alpha value is -1.53. The second-order valence-corrected chi connectivity index (χ2v) is 5.33. The molecule has 2 atom stereocenters. The molecule has 0 saturated heterocycles. The van der Waals surface area contributed by atoms with Crippen molar-refractivity contribution in [1.29, 1.82) is 0 Å². The number of carbonyl (C=O) groups excluding carboxylic acids is 1. The van der Waals surface area contributed by atoms with Crippen molar-refractivity contribution in [3.8, 4) is 0 Å². The van der Waals surface area contributed by atoms with Gasteiger partial charge in [-0.1, -0.05) is 6.42 Å². The SMILES string of the molecule is CN(Cc1ncc[nH]1)C(=O)C1CCCC(C(F)(F)F)C1. The van der Waals surface area contributed by atoms with Crippen molar-refractivity contribution in [2.75, 3.05) is 7.05 Å². The number of rotatable bonds is 3. The number of aromatic amines is 1. The highest BCUT2D eigenvalue weighted by molar-refractivity contribution is 5.78. The number of alkyl halides is 3. The summed E-state index contributed by atoms with van der Waals surface area (Å²) in [5.41, 5.74) is 0. The molecular weight excluding hydrogens is 271 g/mol. The maximum absolute atomic E-state index is 12.7. The minimum Gasteiger partial charge on any atom is -0.347 e. The molecule has 1 aliphatic carbocycles. The van der Waals surface area contributed by atoms with E-state index in [1.54, 1.807) is 19.4 Å². The molecule has 2 unspecified atom stereocenters. The average Bonchev–Trinajstić information content (AvgIpc) is 2.90. The van der Waals surface area contributed by atoms with Crippen LogP contribution in [0, 0.1) is 11.8 Å². The van der Waals surface area contributed by atoms with Gasteiger partial charge in [-0.25, -0.2) is 4.98 Å². The molecule has 0 spiro atoms. The molecule has 1 heterocycles. The molecule has 1 aromatic rings. The van der Waals surface area contributed by atoms with Crippen LogP contribution in [0.1, 0.15) is 31.5 Å². The zero-order chi connectivity index (χ0) is 14.8. The molecule has 0 aromatic carbocycles. The van der Waals surface area contributed by atoms with Gasteiger partial charge in [0.2, 0.25) is 5.91 Å². The van der Waals surface area contributed by atoms with Gasteiger partial charge in [0.15, 0.2) is 0 Å². The molecule has 1 saturated carbocycles. The van der Waals surface area contributed by atoms with Gasteiger partial charge in [0.25, 0.3) is 0 Å². The number of nitrogens with one attached hydrogen (secondary N) is 1. The van der Waals surface area contributed by atoms with Crippen molar-refractivity contribution >= 4 is 5.91 Å². The lowest BCUT2D eigenvalue weighted by Crippen LogP contribution is -2.38. The fourth-order valence-electron chi connectivity index (χ4n) is 2.71. The summed E-state index contributed by atoms with van der Waals surface area (Å²) >= 11 is 0. The van der Waals surface area contributed by atoms with Gasteiger partial charge >= 0.3 is 6.18 Å². The zero-order valence-electron chi connectivity index (χ0n) is 11.3. The standard InChI is InChI=1S/C13H18F3N3O/c1-19(8-11-17-5-6-18-11)12(20)9-3-2-4-10(7-9)13(14,15)16/h5-6,9-10H,2-4,7-8H2,1H3,(H,17,18). The van der Waals surface area contributed by atoms with E-state index in [0.29, 0.717) is 25.2 Å². The van der Waals surface area contributed by atoms with Crippen molar-refractivity contribution in [1.82, 2.24) is 14.9 Å². The number of H-pyrrole nitrogens is 1. The van der Waals surface area contributed by atoms with Crippen LogP contribution in [-0.2, 0) is 11.3 Å². The van der Waals surface area contributed by atoms with E-state index >= 15 is 0 Å². The van der Waals surface area contributed by atoms with E-state index in [1.165, 1.54) is 4.90 Å². The molecule has 20 heavy (non-hydrogen) atoms. The predicted octanol–water partition coefficient (Wildman–Crippen LogP) is 2.74. The summed E-state index contributed by atoms with van der Waals surface area (Å²) in [6, 6.07) is 0. The highest BCUT2D eigenvalue weighted by Crippen LogP contribution is 2.40. The Morgan fingerprint density at radius 2 is 2.25 bits per heavy atom. The van der Waals surface area contributed by atoms with Crippen molar-refractivity contribution in [2.45, 2.75) is 38.4 Å². The molecule has 7 heteroatoms. The van der Waals surface area contributed by atoms with Crippen molar-refractivity contribution in [2.24, 2.45) is 11.8 Å². The number of imidazole rings is 1. The molecule has 0 aliphatic heterocycles. The predicted molar refractivity (Wildman–Crippen MR) is 66.6 cm³/mol. The fraction of sp³-hybridized carbons (Fsp3) is 0.692. The highest BCUT2D eigenvalue weighted by atomic mass is 19.4. The first-order chi connectivity index (χ1) is 9.38. The van der Waals surface area contributed by atoms with Gasteiger partial charge in [0.05, 0.1) is 12.5 Å². The summed E-state index contributed by atoms with van der Waals surface area (Å²) < 4.78 is 38.2. The summed E-state index contributed by atoms with van der Waals surface area (Å²) in [5, 5.41) is 0. The first-order valence-corrected chi connectivity index (χ1v) is 6.68. The Balaban J connectivity index is 1.94. The van der Waals surface area contributed by atoms with E-state index in [4.69, 9.17) is 0 Å². The number of carbonyl (C=O) groups is 1. The number of nitrogens with zero attached hydrogens (tertiary/aromatic N) is 2. The summed E-state index contributed by atoms with van der Waals surface area (Å²) in [5.74, 6) is -1.48. The number of hydrogen-bond donors (Lipinski definition) is 1. The maximum Gasteiger partial charge on any atom is 0.391 e. The van der Waals surface area contributed by atoms with Crippen molar-refractivity contribution in [3.63, 3.8) is 0 Å². The van der Waals surface area contributed by atoms with Gasteiger partial charge in [-0.05, 0) is 19.3 Å². The Morgan fingerprint density at radius 3 is 2.85 bits per heavy atom. The topological polar surface area (TPSA) is 49.0 Å². The Kier molecular flexibility index (Phi) is 4.35. The molecule has 1 aromatic heterocycles. The van der Waals surface area contributed by atoms with E-state index in [1.807, 2.05) is 0 Å². The summed E-state index contributed by atoms with van der Waals surface area (Å²) in [6.45, 7) is 0.291. The fourth-order valence-corrected chi connectivity index (χ4v) is 2.71. The molecule has 4 nitrogen and oxygen atoms in total. The molecule has 2 rings (SSSR count). The smallest absolute Gasteiger partial charge is 0.347 e. The van der Waals surface area contributed by atoms with Gasteiger partial charge in [-0.15, -0.1) is 0 Å². The van der Waals surface area contributed by atoms with Gasteiger partial charge in [0.1, 0.15) is 5.82 Å².